The van der Waals surface area contributed by atoms with Crippen molar-refractivity contribution >= 4 is 5.91 Å². The summed E-state index contributed by atoms with van der Waals surface area (Å²) in [4.78, 5) is 11.9. The Hall–Kier alpha value is -1.62. The van der Waals surface area contributed by atoms with E-state index in [9.17, 15) is 9.18 Å². The molecule has 1 amide bonds. The van der Waals surface area contributed by atoms with E-state index < -0.39 is 0 Å². The Bertz CT molecular complexity index is 489. The van der Waals surface area contributed by atoms with Crippen molar-refractivity contribution < 1.29 is 13.9 Å². The molecule has 1 aliphatic carbocycles. The summed E-state index contributed by atoms with van der Waals surface area (Å²) in [7, 11) is 1.51. The zero-order valence-corrected chi connectivity index (χ0v) is 12.1. The molecule has 5 heteroatoms. The number of rotatable bonds is 6. The molecule has 0 spiro atoms. The van der Waals surface area contributed by atoms with Gasteiger partial charge in [0.05, 0.1) is 13.2 Å². The van der Waals surface area contributed by atoms with Crippen LogP contribution in [0.2, 0.25) is 0 Å². The van der Waals surface area contributed by atoms with Crippen molar-refractivity contribution in [2.24, 2.45) is 0 Å². The average Bonchev–Trinajstić information content (AvgIpc) is 3.21. The third-order valence-corrected chi connectivity index (χ3v) is 3.48. The molecule has 1 aromatic rings. The number of amides is 1. The molecule has 0 aromatic heterocycles. The summed E-state index contributed by atoms with van der Waals surface area (Å²) in [5, 5.41) is 6.04. The lowest BCUT2D eigenvalue weighted by Crippen LogP contribution is -2.44. The Labute approximate surface area is 118 Å². The van der Waals surface area contributed by atoms with Crippen molar-refractivity contribution in [2.45, 2.75) is 44.8 Å². The van der Waals surface area contributed by atoms with Crippen molar-refractivity contribution in [3.8, 4) is 5.75 Å². The highest BCUT2D eigenvalue weighted by atomic mass is 19.1. The molecular weight excluding hydrogens is 259 g/mol. The van der Waals surface area contributed by atoms with Gasteiger partial charge in [-0.3, -0.25) is 10.1 Å². The molecule has 1 saturated carbocycles. The van der Waals surface area contributed by atoms with Crippen LogP contribution < -0.4 is 15.4 Å². The first-order chi connectivity index (χ1) is 9.52. The van der Waals surface area contributed by atoms with Crippen LogP contribution in [-0.4, -0.2) is 25.1 Å². The van der Waals surface area contributed by atoms with Gasteiger partial charge < -0.3 is 10.1 Å². The molecule has 0 saturated heterocycles. The number of hydrogen-bond donors (Lipinski definition) is 2. The van der Waals surface area contributed by atoms with E-state index in [4.69, 9.17) is 4.74 Å². The van der Waals surface area contributed by atoms with Crippen LogP contribution in [-0.2, 0) is 4.79 Å². The third-order valence-electron chi connectivity index (χ3n) is 3.48. The molecular formula is C15H21FN2O2. The third kappa shape index (κ3) is 3.48. The standard InChI is InChI=1S/C15H21FN2O2/c1-9(14-12(16)5-4-6-13(14)20-3)17-10(2)15(19)18-11-7-8-11/h4-6,9-11,17H,7-8H2,1-3H3,(H,18,19). The number of benzene rings is 1. The molecule has 1 fully saturated rings. The number of carbonyl (C=O) groups excluding carboxylic acids is 1. The first kappa shape index (κ1) is 14.8. The summed E-state index contributed by atoms with van der Waals surface area (Å²) in [6.45, 7) is 3.60. The maximum atomic E-state index is 13.9. The van der Waals surface area contributed by atoms with Crippen molar-refractivity contribution in [3.05, 3.63) is 29.6 Å². The van der Waals surface area contributed by atoms with Crippen molar-refractivity contribution in [1.29, 1.82) is 0 Å². The fraction of sp³-hybridized carbons (Fsp3) is 0.533. The maximum Gasteiger partial charge on any atom is 0.237 e. The van der Waals surface area contributed by atoms with E-state index >= 15 is 0 Å². The number of halogens is 1. The van der Waals surface area contributed by atoms with E-state index in [0.717, 1.165) is 12.8 Å². The predicted octanol–water partition coefficient (Wildman–Crippen LogP) is 2.15. The second kappa shape index (κ2) is 6.22. The number of carbonyl (C=O) groups is 1. The van der Waals surface area contributed by atoms with Crippen LogP contribution in [0.1, 0.15) is 38.3 Å². The van der Waals surface area contributed by atoms with Gasteiger partial charge in [-0.25, -0.2) is 4.39 Å². The molecule has 2 atom stereocenters. The van der Waals surface area contributed by atoms with E-state index in [2.05, 4.69) is 10.6 Å². The molecule has 1 aliphatic rings. The van der Waals surface area contributed by atoms with Crippen LogP contribution in [0.4, 0.5) is 4.39 Å². The van der Waals surface area contributed by atoms with Gasteiger partial charge in [0.1, 0.15) is 11.6 Å². The van der Waals surface area contributed by atoms with Gasteiger partial charge in [0.15, 0.2) is 0 Å². The normalized spacial score (nSPS) is 17.4. The number of hydrogen-bond acceptors (Lipinski definition) is 3. The molecule has 0 aliphatic heterocycles. The topological polar surface area (TPSA) is 50.4 Å². The van der Waals surface area contributed by atoms with Gasteiger partial charge >= 0.3 is 0 Å². The Morgan fingerprint density at radius 2 is 2.10 bits per heavy atom. The Morgan fingerprint density at radius 3 is 2.70 bits per heavy atom. The largest absolute Gasteiger partial charge is 0.496 e. The second-order valence-electron chi connectivity index (χ2n) is 5.25. The average molecular weight is 280 g/mol. The summed E-state index contributed by atoms with van der Waals surface area (Å²) < 4.78 is 19.1. The molecule has 110 valence electrons. The SMILES string of the molecule is COc1cccc(F)c1C(C)NC(C)C(=O)NC1CC1. The maximum absolute atomic E-state index is 13.9. The number of ether oxygens (including phenoxy) is 1. The number of methoxy groups -OCH3 is 1. The molecule has 2 N–H and O–H groups in total. The monoisotopic (exact) mass is 280 g/mol. The van der Waals surface area contributed by atoms with Gasteiger partial charge in [0, 0.05) is 17.6 Å². The lowest BCUT2D eigenvalue weighted by Gasteiger charge is -2.22. The Kier molecular flexibility index (Phi) is 4.60. The Morgan fingerprint density at radius 1 is 1.40 bits per heavy atom. The van der Waals surface area contributed by atoms with E-state index in [1.54, 1.807) is 19.1 Å². The molecule has 4 nitrogen and oxygen atoms in total. The van der Waals surface area contributed by atoms with Gasteiger partial charge in [0.2, 0.25) is 5.91 Å². The molecule has 2 rings (SSSR count). The smallest absolute Gasteiger partial charge is 0.237 e. The molecule has 0 bridgehead atoms. The summed E-state index contributed by atoms with van der Waals surface area (Å²) in [6, 6.07) is 4.34. The quantitative estimate of drug-likeness (QED) is 0.839. The lowest BCUT2D eigenvalue weighted by atomic mass is 10.1. The van der Waals surface area contributed by atoms with Gasteiger partial charge in [-0.15, -0.1) is 0 Å². The highest BCUT2D eigenvalue weighted by Gasteiger charge is 2.27. The van der Waals surface area contributed by atoms with E-state index in [1.807, 2.05) is 6.92 Å². The summed E-state index contributed by atoms with van der Waals surface area (Å²) in [5.74, 6) is 0.105. The predicted molar refractivity (Wildman–Crippen MR) is 75.1 cm³/mol. The van der Waals surface area contributed by atoms with Crippen LogP contribution in [0.15, 0.2) is 18.2 Å². The molecule has 0 heterocycles. The van der Waals surface area contributed by atoms with E-state index in [1.165, 1.54) is 13.2 Å². The van der Waals surface area contributed by atoms with Crippen molar-refractivity contribution in [1.82, 2.24) is 10.6 Å². The zero-order valence-electron chi connectivity index (χ0n) is 12.1. The fourth-order valence-corrected chi connectivity index (χ4v) is 2.20. The minimum Gasteiger partial charge on any atom is -0.496 e. The van der Waals surface area contributed by atoms with Crippen LogP contribution in [0.25, 0.3) is 0 Å². The number of nitrogens with one attached hydrogen (secondary N) is 2. The van der Waals surface area contributed by atoms with E-state index in [0.29, 0.717) is 17.4 Å². The highest BCUT2D eigenvalue weighted by molar-refractivity contribution is 5.81. The van der Waals surface area contributed by atoms with Crippen molar-refractivity contribution in [2.75, 3.05) is 7.11 Å². The van der Waals surface area contributed by atoms with Gasteiger partial charge in [-0.2, -0.15) is 0 Å². The minimum absolute atomic E-state index is 0.0466. The summed E-state index contributed by atoms with van der Waals surface area (Å²) in [6.07, 6.45) is 2.10. The highest BCUT2D eigenvalue weighted by Crippen LogP contribution is 2.28. The second-order valence-corrected chi connectivity index (χ2v) is 5.25. The summed E-state index contributed by atoms with van der Waals surface area (Å²) >= 11 is 0. The Balaban J connectivity index is 2.03. The van der Waals surface area contributed by atoms with Gasteiger partial charge in [0.25, 0.3) is 0 Å². The van der Waals surface area contributed by atoms with Crippen LogP contribution in [0, 0.1) is 5.82 Å². The van der Waals surface area contributed by atoms with Crippen LogP contribution >= 0.6 is 0 Å². The molecule has 0 radical (unpaired) electrons. The molecule has 2 unspecified atom stereocenters. The van der Waals surface area contributed by atoms with E-state index in [-0.39, 0.29) is 23.8 Å². The molecule has 1 aromatic carbocycles. The fourth-order valence-electron chi connectivity index (χ4n) is 2.20. The van der Waals surface area contributed by atoms with Gasteiger partial charge in [-0.1, -0.05) is 6.07 Å². The minimum atomic E-state index is -0.380. The lowest BCUT2D eigenvalue weighted by molar-refractivity contribution is -0.123. The summed E-state index contributed by atoms with van der Waals surface area (Å²) in [5.41, 5.74) is 0.445. The van der Waals surface area contributed by atoms with Crippen LogP contribution in [0.3, 0.4) is 0 Å². The van der Waals surface area contributed by atoms with Crippen molar-refractivity contribution in [3.63, 3.8) is 0 Å². The van der Waals surface area contributed by atoms with Gasteiger partial charge in [-0.05, 0) is 38.8 Å². The first-order valence-corrected chi connectivity index (χ1v) is 6.91. The first-order valence-electron chi connectivity index (χ1n) is 6.91. The van der Waals surface area contributed by atoms with Crippen LogP contribution in [0.5, 0.6) is 5.75 Å². The zero-order chi connectivity index (χ0) is 14.7. The molecule has 20 heavy (non-hydrogen) atoms.